The van der Waals surface area contributed by atoms with E-state index < -0.39 is 0 Å². The number of allylic oxidation sites excluding steroid dienone is 1. The Bertz CT molecular complexity index is 1510. The minimum absolute atomic E-state index is 0.0711. The second-order valence-corrected chi connectivity index (χ2v) is 8.63. The summed E-state index contributed by atoms with van der Waals surface area (Å²) in [5, 5.41) is 2.82. The summed E-state index contributed by atoms with van der Waals surface area (Å²) in [7, 11) is 0. The van der Waals surface area contributed by atoms with Gasteiger partial charge < -0.3 is 9.73 Å². The van der Waals surface area contributed by atoms with Gasteiger partial charge in [-0.25, -0.2) is 0 Å². The molecule has 0 bridgehead atoms. The monoisotopic (exact) mass is 490 g/mol. The maximum atomic E-state index is 12.9. The molecular formula is C30H22N2O5. The third-order valence-electron chi connectivity index (χ3n) is 6.19. The van der Waals surface area contributed by atoms with Crippen LogP contribution < -0.4 is 5.32 Å². The molecule has 0 saturated heterocycles. The van der Waals surface area contributed by atoms with Crippen LogP contribution in [0.25, 0.3) is 6.08 Å². The molecular weight excluding hydrogens is 468 g/mol. The number of nitrogens with one attached hydrogen (secondary N) is 1. The summed E-state index contributed by atoms with van der Waals surface area (Å²) in [5.41, 5.74) is 3.72. The zero-order chi connectivity index (χ0) is 25.9. The predicted molar refractivity (Wildman–Crippen MR) is 138 cm³/mol. The largest absolute Gasteiger partial charge is 0.465 e. The number of hydrogen-bond donors (Lipinski definition) is 1. The molecule has 0 unspecified atom stereocenters. The van der Waals surface area contributed by atoms with Crippen molar-refractivity contribution in [2.24, 2.45) is 0 Å². The zero-order valence-electron chi connectivity index (χ0n) is 19.9. The van der Waals surface area contributed by atoms with Crippen LogP contribution in [0.4, 0.5) is 5.69 Å². The standard InChI is InChI=1S/C30H22N2O5/c1-19-8-9-21(17-22(19)18-32-29(35)25-6-2-3-7-26(25)30(32)36)28(34)31-23-12-10-20(11-13-23)27(33)15-14-24-5-4-16-37-24/h2-17H,18H2,1H3,(H,31,34)/b15-14+. The van der Waals surface area contributed by atoms with Gasteiger partial charge in [0.15, 0.2) is 5.78 Å². The van der Waals surface area contributed by atoms with Crippen molar-refractivity contribution >= 4 is 35.3 Å². The highest BCUT2D eigenvalue weighted by Crippen LogP contribution is 2.25. The Morgan fingerprint density at radius 1 is 0.865 bits per heavy atom. The molecule has 1 aliphatic heterocycles. The first-order chi connectivity index (χ1) is 17.9. The van der Waals surface area contributed by atoms with Crippen LogP contribution in [-0.4, -0.2) is 28.4 Å². The fraction of sp³-hybridized carbons (Fsp3) is 0.0667. The predicted octanol–water partition coefficient (Wildman–Crippen LogP) is 5.53. The lowest BCUT2D eigenvalue weighted by Crippen LogP contribution is -2.29. The van der Waals surface area contributed by atoms with Crippen molar-refractivity contribution in [3.63, 3.8) is 0 Å². The van der Waals surface area contributed by atoms with Gasteiger partial charge in [-0.1, -0.05) is 18.2 Å². The number of amides is 3. The number of fused-ring (bicyclic) bond motifs is 1. The Morgan fingerprint density at radius 3 is 2.19 bits per heavy atom. The first-order valence-corrected chi connectivity index (χ1v) is 11.6. The molecule has 7 nitrogen and oxygen atoms in total. The van der Waals surface area contributed by atoms with Gasteiger partial charge in [0.25, 0.3) is 17.7 Å². The van der Waals surface area contributed by atoms with Crippen LogP contribution in [0.5, 0.6) is 0 Å². The van der Waals surface area contributed by atoms with Gasteiger partial charge in [-0.3, -0.25) is 24.1 Å². The SMILES string of the molecule is Cc1ccc(C(=O)Nc2ccc(C(=O)/C=C/c3ccco3)cc2)cc1CN1C(=O)c2ccccc2C1=O. The highest BCUT2D eigenvalue weighted by Gasteiger charge is 2.35. The second kappa shape index (κ2) is 9.91. The Kier molecular flexibility index (Phi) is 6.34. The van der Waals surface area contributed by atoms with Gasteiger partial charge in [-0.15, -0.1) is 0 Å². The molecule has 1 aromatic heterocycles. The highest BCUT2D eigenvalue weighted by molar-refractivity contribution is 6.21. The van der Waals surface area contributed by atoms with Crippen molar-refractivity contribution < 1.29 is 23.6 Å². The minimum Gasteiger partial charge on any atom is -0.465 e. The van der Waals surface area contributed by atoms with Crippen LogP contribution in [0.1, 0.15) is 58.3 Å². The van der Waals surface area contributed by atoms with Crippen LogP contribution in [0.2, 0.25) is 0 Å². The average molecular weight is 491 g/mol. The lowest BCUT2D eigenvalue weighted by Gasteiger charge is -2.16. The number of hydrogen-bond acceptors (Lipinski definition) is 5. The average Bonchev–Trinajstić information content (AvgIpc) is 3.52. The second-order valence-electron chi connectivity index (χ2n) is 8.63. The summed E-state index contributed by atoms with van der Waals surface area (Å²) >= 11 is 0. The molecule has 1 aliphatic rings. The van der Waals surface area contributed by atoms with Crippen molar-refractivity contribution in [3.05, 3.63) is 130 Å². The number of furan rings is 1. The van der Waals surface area contributed by atoms with Crippen molar-refractivity contribution in [1.82, 2.24) is 4.90 Å². The summed E-state index contributed by atoms with van der Waals surface area (Å²) < 4.78 is 5.18. The van der Waals surface area contributed by atoms with Gasteiger partial charge in [0, 0.05) is 16.8 Å². The topological polar surface area (TPSA) is 96.7 Å². The van der Waals surface area contributed by atoms with Crippen molar-refractivity contribution in [1.29, 1.82) is 0 Å². The smallest absolute Gasteiger partial charge is 0.261 e. The minimum atomic E-state index is -0.347. The first kappa shape index (κ1) is 23.7. The maximum Gasteiger partial charge on any atom is 0.261 e. The molecule has 0 aliphatic carbocycles. The number of benzene rings is 3. The summed E-state index contributed by atoms with van der Waals surface area (Å²) in [6.07, 6.45) is 4.55. The Morgan fingerprint density at radius 2 is 1.54 bits per heavy atom. The van der Waals surface area contributed by atoms with Crippen LogP contribution >= 0.6 is 0 Å². The number of carbonyl (C=O) groups excluding carboxylic acids is 4. The van der Waals surface area contributed by atoms with Gasteiger partial charge in [-0.05, 0) is 90.9 Å². The normalized spacial score (nSPS) is 12.7. The van der Waals surface area contributed by atoms with Crippen molar-refractivity contribution in [2.75, 3.05) is 5.32 Å². The van der Waals surface area contributed by atoms with Crippen molar-refractivity contribution in [3.8, 4) is 0 Å². The van der Waals surface area contributed by atoms with Gasteiger partial charge in [0.1, 0.15) is 5.76 Å². The molecule has 5 rings (SSSR count). The lowest BCUT2D eigenvalue weighted by atomic mass is 10.0. The van der Waals surface area contributed by atoms with Crippen molar-refractivity contribution in [2.45, 2.75) is 13.5 Å². The number of nitrogens with zero attached hydrogens (tertiary/aromatic N) is 1. The summed E-state index contributed by atoms with van der Waals surface area (Å²) in [5.74, 6) is -0.643. The molecule has 1 N–H and O–H groups in total. The van der Waals surface area contributed by atoms with E-state index >= 15 is 0 Å². The molecule has 0 saturated carbocycles. The van der Waals surface area contributed by atoms with Crippen LogP contribution in [-0.2, 0) is 6.54 Å². The van der Waals surface area contributed by atoms with E-state index in [-0.39, 0.29) is 30.0 Å². The van der Waals surface area contributed by atoms with E-state index in [1.807, 2.05) is 6.92 Å². The van der Waals surface area contributed by atoms with E-state index in [0.29, 0.717) is 39.3 Å². The van der Waals surface area contributed by atoms with E-state index in [4.69, 9.17) is 4.42 Å². The molecule has 0 fully saturated rings. The lowest BCUT2D eigenvalue weighted by molar-refractivity contribution is 0.0641. The van der Waals surface area contributed by atoms with Crippen LogP contribution in [0.15, 0.2) is 95.6 Å². The molecule has 2 heterocycles. The van der Waals surface area contributed by atoms with Gasteiger partial charge >= 0.3 is 0 Å². The fourth-order valence-electron chi connectivity index (χ4n) is 4.10. The third-order valence-corrected chi connectivity index (χ3v) is 6.19. The van der Waals surface area contributed by atoms with E-state index in [9.17, 15) is 19.2 Å². The van der Waals surface area contributed by atoms with Gasteiger partial charge in [-0.2, -0.15) is 0 Å². The molecule has 182 valence electrons. The quantitative estimate of drug-likeness (QED) is 0.209. The van der Waals surface area contributed by atoms with Crippen LogP contribution in [0.3, 0.4) is 0 Å². The maximum absolute atomic E-state index is 12.9. The van der Waals surface area contributed by atoms with E-state index in [0.717, 1.165) is 5.56 Å². The Hall–Kier alpha value is -5.04. The summed E-state index contributed by atoms with van der Waals surface area (Å²) in [6, 6.07) is 21.9. The zero-order valence-corrected chi connectivity index (χ0v) is 19.9. The Balaban J connectivity index is 1.27. The molecule has 0 atom stereocenters. The molecule has 3 aromatic carbocycles. The number of anilines is 1. The van der Waals surface area contributed by atoms with Gasteiger partial charge in [0.2, 0.25) is 0 Å². The number of rotatable bonds is 7. The summed E-state index contributed by atoms with van der Waals surface area (Å²) in [4.78, 5) is 52.0. The van der Waals surface area contributed by atoms with E-state index in [2.05, 4.69) is 5.32 Å². The van der Waals surface area contributed by atoms with E-state index in [1.165, 1.54) is 17.2 Å². The molecule has 3 amide bonds. The molecule has 4 aromatic rings. The fourth-order valence-corrected chi connectivity index (χ4v) is 4.10. The number of ketones is 1. The summed E-state index contributed by atoms with van der Waals surface area (Å²) in [6.45, 7) is 1.94. The molecule has 7 heteroatoms. The van der Waals surface area contributed by atoms with Crippen LogP contribution in [0, 0.1) is 6.92 Å². The number of carbonyl (C=O) groups is 4. The Labute approximate surface area is 213 Å². The third kappa shape index (κ3) is 4.88. The van der Waals surface area contributed by atoms with E-state index in [1.54, 1.807) is 84.9 Å². The molecule has 0 spiro atoms. The first-order valence-electron chi connectivity index (χ1n) is 11.6. The van der Waals surface area contributed by atoms with Gasteiger partial charge in [0.05, 0.1) is 23.9 Å². The number of aryl methyl sites for hydroxylation is 1. The molecule has 0 radical (unpaired) electrons. The number of imide groups is 1. The molecule has 37 heavy (non-hydrogen) atoms. The highest BCUT2D eigenvalue weighted by atomic mass is 16.3.